The maximum absolute atomic E-state index is 5.42. The van der Waals surface area contributed by atoms with Crippen LogP contribution in [0.25, 0.3) is 10.9 Å². The van der Waals surface area contributed by atoms with Crippen molar-refractivity contribution in [1.29, 1.82) is 0 Å². The minimum Gasteiger partial charge on any atom is -0.308 e. The number of benzene rings is 1. The number of anilines is 1. The summed E-state index contributed by atoms with van der Waals surface area (Å²) in [6, 6.07) is 6.33. The van der Waals surface area contributed by atoms with Gasteiger partial charge in [-0.05, 0) is 43.5 Å². The maximum Gasteiger partial charge on any atom is 0.143 e. The van der Waals surface area contributed by atoms with Crippen molar-refractivity contribution in [1.82, 2.24) is 4.98 Å². The quantitative estimate of drug-likeness (QED) is 0.550. The highest BCUT2D eigenvalue weighted by Crippen LogP contribution is 2.24. The lowest BCUT2D eigenvalue weighted by molar-refractivity contribution is 1.21. The third kappa shape index (κ3) is 1.55. The topological polar surface area (TPSA) is 50.9 Å². The zero-order chi connectivity index (χ0) is 11.0. The minimum absolute atomic E-state index is 0.746. The second kappa shape index (κ2) is 3.51. The Morgan fingerprint density at radius 2 is 1.73 bits per heavy atom. The summed E-state index contributed by atoms with van der Waals surface area (Å²) in [5.74, 6) is 6.16. The Bertz CT molecular complexity index is 518. The summed E-state index contributed by atoms with van der Waals surface area (Å²) in [6.07, 6.45) is 0. The Hall–Kier alpha value is -1.61. The van der Waals surface area contributed by atoms with E-state index in [1.54, 1.807) is 0 Å². The van der Waals surface area contributed by atoms with Gasteiger partial charge in [-0.3, -0.25) is 0 Å². The van der Waals surface area contributed by atoms with Gasteiger partial charge in [0, 0.05) is 5.39 Å². The standard InChI is InChI=1S/C12H15N3/c1-7-4-5-8(2)11-10(7)6-9(3)12(14-11)15-13/h4-6H,13H2,1-3H3,(H,14,15). The van der Waals surface area contributed by atoms with Gasteiger partial charge >= 0.3 is 0 Å². The Kier molecular flexibility index (Phi) is 2.32. The van der Waals surface area contributed by atoms with Crippen molar-refractivity contribution in [3.05, 3.63) is 34.9 Å². The van der Waals surface area contributed by atoms with Crippen LogP contribution in [0.2, 0.25) is 0 Å². The molecule has 0 bridgehead atoms. The van der Waals surface area contributed by atoms with Crippen molar-refractivity contribution in [2.75, 3.05) is 5.43 Å². The van der Waals surface area contributed by atoms with Crippen LogP contribution in [-0.4, -0.2) is 4.98 Å². The molecule has 0 amide bonds. The summed E-state index contributed by atoms with van der Waals surface area (Å²) in [5, 5.41) is 1.20. The zero-order valence-corrected chi connectivity index (χ0v) is 9.26. The van der Waals surface area contributed by atoms with Crippen molar-refractivity contribution in [2.45, 2.75) is 20.8 Å². The second-order valence-electron chi connectivity index (χ2n) is 3.89. The molecule has 0 radical (unpaired) electrons. The lowest BCUT2D eigenvalue weighted by atomic mass is 10.0. The van der Waals surface area contributed by atoms with Crippen LogP contribution in [0, 0.1) is 20.8 Å². The number of rotatable bonds is 1. The molecule has 3 heteroatoms. The summed E-state index contributed by atoms with van der Waals surface area (Å²) in [7, 11) is 0. The van der Waals surface area contributed by atoms with E-state index in [4.69, 9.17) is 5.84 Å². The van der Waals surface area contributed by atoms with Crippen molar-refractivity contribution in [3.63, 3.8) is 0 Å². The monoisotopic (exact) mass is 201 g/mol. The molecule has 1 heterocycles. The molecule has 0 saturated carbocycles. The van der Waals surface area contributed by atoms with Gasteiger partial charge in [0.1, 0.15) is 5.82 Å². The SMILES string of the molecule is Cc1cc2c(C)ccc(C)c2nc1NN. The molecule has 0 aliphatic rings. The maximum atomic E-state index is 5.42. The van der Waals surface area contributed by atoms with E-state index in [-0.39, 0.29) is 0 Å². The van der Waals surface area contributed by atoms with E-state index >= 15 is 0 Å². The first-order valence-corrected chi connectivity index (χ1v) is 4.97. The molecule has 0 spiro atoms. The van der Waals surface area contributed by atoms with Gasteiger partial charge in [0.2, 0.25) is 0 Å². The molecular weight excluding hydrogens is 186 g/mol. The van der Waals surface area contributed by atoms with Crippen LogP contribution in [0.4, 0.5) is 5.82 Å². The molecule has 0 fully saturated rings. The van der Waals surface area contributed by atoms with E-state index in [1.165, 1.54) is 16.5 Å². The highest BCUT2D eigenvalue weighted by atomic mass is 15.2. The molecule has 0 unspecified atom stereocenters. The Morgan fingerprint density at radius 3 is 2.40 bits per heavy atom. The number of fused-ring (bicyclic) bond motifs is 1. The molecular formula is C12H15N3. The largest absolute Gasteiger partial charge is 0.308 e. The number of nitrogen functional groups attached to an aromatic ring is 1. The average Bonchev–Trinajstić information content (AvgIpc) is 2.23. The van der Waals surface area contributed by atoms with Gasteiger partial charge in [0.05, 0.1) is 5.52 Å². The molecule has 2 aromatic rings. The first kappa shape index (κ1) is 9.93. The number of aromatic nitrogens is 1. The van der Waals surface area contributed by atoms with Crippen LogP contribution in [0.15, 0.2) is 18.2 Å². The van der Waals surface area contributed by atoms with Crippen LogP contribution >= 0.6 is 0 Å². The van der Waals surface area contributed by atoms with Gasteiger partial charge in [0.25, 0.3) is 0 Å². The molecule has 0 aliphatic carbocycles. The van der Waals surface area contributed by atoms with Crippen molar-refractivity contribution in [2.24, 2.45) is 5.84 Å². The van der Waals surface area contributed by atoms with E-state index < -0.39 is 0 Å². The predicted octanol–water partition coefficient (Wildman–Crippen LogP) is 2.45. The number of nitrogens with zero attached hydrogens (tertiary/aromatic N) is 1. The molecule has 78 valence electrons. The van der Waals surface area contributed by atoms with Crippen molar-refractivity contribution >= 4 is 16.7 Å². The molecule has 2 rings (SSSR count). The molecule has 3 nitrogen and oxygen atoms in total. The number of hydrogen-bond donors (Lipinski definition) is 2. The van der Waals surface area contributed by atoms with Crippen molar-refractivity contribution in [3.8, 4) is 0 Å². The number of pyridine rings is 1. The normalized spacial score (nSPS) is 10.7. The Morgan fingerprint density at radius 1 is 1.07 bits per heavy atom. The smallest absolute Gasteiger partial charge is 0.143 e. The first-order valence-electron chi connectivity index (χ1n) is 4.97. The fourth-order valence-electron chi connectivity index (χ4n) is 1.78. The Balaban J connectivity index is 2.86. The van der Waals surface area contributed by atoms with Crippen molar-refractivity contribution < 1.29 is 0 Å². The zero-order valence-electron chi connectivity index (χ0n) is 9.26. The van der Waals surface area contributed by atoms with Gasteiger partial charge in [-0.1, -0.05) is 12.1 Å². The summed E-state index contributed by atoms with van der Waals surface area (Å²) in [4.78, 5) is 4.52. The summed E-state index contributed by atoms with van der Waals surface area (Å²) in [5.41, 5.74) is 7.13. The first-order chi connectivity index (χ1) is 7.13. The van der Waals surface area contributed by atoms with Crippen LogP contribution in [0.3, 0.4) is 0 Å². The van der Waals surface area contributed by atoms with Crippen LogP contribution in [0.1, 0.15) is 16.7 Å². The van der Waals surface area contributed by atoms with Gasteiger partial charge in [-0.15, -0.1) is 0 Å². The fraction of sp³-hybridized carbons (Fsp3) is 0.250. The number of nitrogens with two attached hydrogens (primary N) is 1. The Labute approximate surface area is 89.3 Å². The van der Waals surface area contributed by atoms with Crippen LogP contribution in [0.5, 0.6) is 0 Å². The van der Waals surface area contributed by atoms with E-state index in [0.717, 1.165) is 16.9 Å². The third-order valence-electron chi connectivity index (χ3n) is 2.73. The number of nitrogens with one attached hydrogen (secondary N) is 1. The molecule has 1 aromatic heterocycles. The minimum atomic E-state index is 0.746. The van der Waals surface area contributed by atoms with E-state index in [9.17, 15) is 0 Å². The predicted molar refractivity (Wildman–Crippen MR) is 63.8 cm³/mol. The molecule has 1 aromatic carbocycles. The fourth-order valence-corrected chi connectivity index (χ4v) is 1.78. The van der Waals surface area contributed by atoms with Crippen LogP contribution in [-0.2, 0) is 0 Å². The van der Waals surface area contributed by atoms with Gasteiger partial charge in [-0.25, -0.2) is 10.8 Å². The van der Waals surface area contributed by atoms with E-state index in [0.29, 0.717) is 0 Å². The highest BCUT2D eigenvalue weighted by molar-refractivity contribution is 5.87. The summed E-state index contributed by atoms with van der Waals surface area (Å²) in [6.45, 7) is 6.16. The second-order valence-corrected chi connectivity index (χ2v) is 3.89. The summed E-state index contributed by atoms with van der Waals surface area (Å²) >= 11 is 0. The third-order valence-corrected chi connectivity index (χ3v) is 2.73. The molecule has 3 N–H and O–H groups in total. The lowest BCUT2D eigenvalue weighted by Gasteiger charge is -2.09. The molecule has 0 atom stereocenters. The molecule has 0 aliphatic heterocycles. The molecule has 0 saturated heterocycles. The summed E-state index contributed by atoms with van der Waals surface area (Å²) < 4.78 is 0. The number of hydrazine groups is 1. The highest BCUT2D eigenvalue weighted by Gasteiger charge is 2.06. The van der Waals surface area contributed by atoms with Crippen LogP contribution < -0.4 is 11.3 Å². The number of aryl methyl sites for hydroxylation is 3. The van der Waals surface area contributed by atoms with Gasteiger partial charge < -0.3 is 5.43 Å². The van der Waals surface area contributed by atoms with E-state index in [2.05, 4.69) is 42.5 Å². The molecule has 15 heavy (non-hydrogen) atoms. The van der Waals surface area contributed by atoms with E-state index in [1.807, 2.05) is 6.92 Å². The van der Waals surface area contributed by atoms with Gasteiger partial charge in [0.15, 0.2) is 0 Å². The number of hydrogen-bond acceptors (Lipinski definition) is 3. The van der Waals surface area contributed by atoms with Gasteiger partial charge in [-0.2, -0.15) is 0 Å². The average molecular weight is 201 g/mol. The lowest BCUT2D eigenvalue weighted by Crippen LogP contribution is -2.10.